The Balaban J connectivity index is 2.47. The number of aromatic amines is 1. The van der Waals surface area contributed by atoms with E-state index < -0.39 is 0 Å². The normalized spacial score (nSPS) is 10.4. The van der Waals surface area contributed by atoms with Crippen LogP contribution in [0, 0.1) is 24.3 Å². The molecule has 0 radical (unpaired) electrons. The molecule has 0 aliphatic rings. The fourth-order valence-corrected chi connectivity index (χ4v) is 2.40. The molecule has 18 heavy (non-hydrogen) atoms. The van der Waals surface area contributed by atoms with Gasteiger partial charge >= 0.3 is 0 Å². The van der Waals surface area contributed by atoms with Crippen molar-refractivity contribution in [1.29, 1.82) is 0 Å². The van der Waals surface area contributed by atoms with Crippen molar-refractivity contribution in [3.05, 3.63) is 49.1 Å². The summed E-state index contributed by atoms with van der Waals surface area (Å²) in [5.41, 5.74) is 4.40. The van der Waals surface area contributed by atoms with E-state index in [9.17, 15) is 4.79 Å². The lowest BCUT2D eigenvalue weighted by molar-refractivity contribution is 1.10. The molecule has 2 rings (SSSR count). The average molecular weight is 355 g/mol. The van der Waals surface area contributed by atoms with E-state index in [2.05, 4.69) is 34.3 Å². The van der Waals surface area contributed by atoms with Crippen molar-refractivity contribution in [3.63, 3.8) is 0 Å². The minimum absolute atomic E-state index is 0.129. The number of H-pyrrole nitrogens is 1. The summed E-state index contributed by atoms with van der Waals surface area (Å²) in [5.74, 6) is 0.592. The van der Waals surface area contributed by atoms with Crippen LogP contribution < -0.4 is 10.9 Å². The highest BCUT2D eigenvalue weighted by molar-refractivity contribution is 14.1. The summed E-state index contributed by atoms with van der Waals surface area (Å²) in [6, 6.07) is 4.21. The lowest BCUT2D eigenvalue weighted by atomic mass is 10.1. The Bertz CT molecular complexity index is 626. The van der Waals surface area contributed by atoms with Crippen LogP contribution in [0.1, 0.15) is 16.7 Å². The van der Waals surface area contributed by atoms with E-state index >= 15 is 0 Å². The zero-order chi connectivity index (χ0) is 13.3. The van der Waals surface area contributed by atoms with Gasteiger partial charge in [0.15, 0.2) is 5.82 Å². The predicted molar refractivity (Wildman–Crippen MR) is 81.5 cm³/mol. The molecule has 5 heteroatoms. The second-order valence-corrected chi connectivity index (χ2v) is 5.37. The van der Waals surface area contributed by atoms with Gasteiger partial charge in [0.2, 0.25) is 0 Å². The largest absolute Gasteiger partial charge is 0.339 e. The van der Waals surface area contributed by atoms with E-state index in [4.69, 9.17) is 0 Å². The van der Waals surface area contributed by atoms with Gasteiger partial charge in [0.1, 0.15) is 3.57 Å². The number of halogens is 1. The van der Waals surface area contributed by atoms with Gasteiger partial charge in [-0.3, -0.25) is 4.79 Å². The van der Waals surface area contributed by atoms with Crippen LogP contribution in [-0.4, -0.2) is 9.97 Å². The van der Waals surface area contributed by atoms with Crippen LogP contribution in [0.5, 0.6) is 0 Å². The number of aromatic nitrogens is 2. The van der Waals surface area contributed by atoms with Gasteiger partial charge in [-0.25, -0.2) is 4.98 Å². The standard InChI is InChI=1S/C13H14IN3O/c1-7-4-8(2)11(9(3)5-7)17-12-10(14)13(18)16-6-15-12/h4-6H,1-3H3,(H2,15,16,17,18). The van der Waals surface area contributed by atoms with Gasteiger partial charge in [-0.05, 0) is 54.5 Å². The number of nitrogens with one attached hydrogen (secondary N) is 2. The van der Waals surface area contributed by atoms with E-state index in [1.54, 1.807) is 0 Å². The number of benzene rings is 1. The molecular formula is C13H14IN3O. The Morgan fingerprint density at radius 2 is 1.83 bits per heavy atom. The molecule has 0 fully saturated rings. The summed E-state index contributed by atoms with van der Waals surface area (Å²) in [4.78, 5) is 18.2. The van der Waals surface area contributed by atoms with E-state index in [0.29, 0.717) is 9.39 Å². The Labute approximate surface area is 119 Å². The molecule has 0 saturated carbocycles. The van der Waals surface area contributed by atoms with Crippen LogP contribution in [0.15, 0.2) is 23.3 Å². The molecule has 1 aromatic heterocycles. The van der Waals surface area contributed by atoms with Gasteiger partial charge in [0.05, 0.1) is 6.33 Å². The molecule has 1 heterocycles. The average Bonchev–Trinajstić information content (AvgIpc) is 2.28. The molecule has 4 nitrogen and oxygen atoms in total. The molecule has 2 aromatic rings. The fourth-order valence-electron chi connectivity index (χ4n) is 1.97. The molecule has 0 unspecified atom stereocenters. The first-order chi connectivity index (χ1) is 8.49. The Morgan fingerprint density at radius 1 is 1.22 bits per heavy atom. The van der Waals surface area contributed by atoms with Crippen molar-refractivity contribution >= 4 is 34.1 Å². The van der Waals surface area contributed by atoms with Crippen molar-refractivity contribution < 1.29 is 0 Å². The molecular weight excluding hydrogens is 341 g/mol. The monoisotopic (exact) mass is 355 g/mol. The zero-order valence-electron chi connectivity index (χ0n) is 10.5. The summed E-state index contributed by atoms with van der Waals surface area (Å²) in [5, 5.41) is 3.24. The highest BCUT2D eigenvalue weighted by atomic mass is 127. The quantitative estimate of drug-likeness (QED) is 0.815. The molecule has 0 saturated heterocycles. The predicted octanol–water partition coefficient (Wildman–Crippen LogP) is 3.04. The van der Waals surface area contributed by atoms with Crippen LogP contribution in [0.2, 0.25) is 0 Å². The second kappa shape index (κ2) is 5.09. The molecule has 0 aliphatic carbocycles. The number of aryl methyl sites for hydroxylation is 3. The molecule has 0 bridgehead atoms. The first kappa shape index (κ1) is 13.1. The van der Waals surface area contributed by atoms with Gasteiger partial charge in [0, 0.05) is 5.69 Å². The molecule has 0 amide bonds. The third-order valence-electron chi connectivity index (χ3n) is 2.72. The number of hydrogen-bond donors (Lipinski definition) is 2. The van der Waals surface area contributed by atoms with Crippen molar-refractivity contribution in [3.8, 4) is 0 Å². The first-order valence-electron chi connectivity index (χ1n) is 5.57. The van der Waals surface area contributed by atoms with E-state index in [-0.39, 0.29) is 5.56 Å². The lowest BCUT2D eigenvalue weighted by Gasteiger charge is -2.13. The molecule has 0 spiro atoms. The fraction of sp³-hybridized carbons (Fsp3) is 0.231. The molecule has 94 valence electrons. The second-order valence-electron chi connectivity index (χ2n) is 4.29. The number of nitrogens with zero attached hydrogens (tertiary/aromatic N) is 1. The van der Waals surface area contributed by atoms with Crippen LogP contribution in [-0.2, 0) is 0 Å². The summed E-state index contributed by atoms with van der Waals surface area (Å²) >= 11 is 1.99. The van der Waals surface area contributed by atoms with Crippen LogP contribution >= 0.6 is 22.6 Å². The Morgan fingerprint density at radius 3 is 2.44 bits per heavy atom. The third-order valence-corrected chi connectivity index (χ3v) is 3.72. The van der Waals surface area contributed by atoms with Crippen molar-refractivity contribution in [2.75, 3.05) is 5.32 Å². The minimum atomic E-state index is -0.129. The topological polar surface area (TPSA) is 57.8 Å². The Hall–Kier alpha value is -1.37. The maximum absolute atomic E-state index is 11.5. The van der Waals surface area contributed by atoms with Crippen molar-refractivity contribution in [1.82, 2.24) is 9.97 Å². The Kier molecular flexibility index (Phi) is 3.70. The highest BCUT2D eigenvalue weighted by Crippen LogP contribution is 2.25. The van der Waals surface area contributed by atoms with E-state index in [0.717, 1.165) is 16.8 Å². The van der Waals surface area contributed by atoms with Gasteiger partial charge < -0.3 is 10.3 Å². The highest BCUT2D eigenvalue weighted by Gasteiger charge is 2.09. The zero-order valence-corrected chi connectivity index (χ0v) is 12.6. The van der Waals surface area contributed by atoms with Crippen LogP contribution in [0.4, 0.5) is 11.5 Å². The summed E-state index contributed by atoms with van der Waals surface area (Å²) in [7, 11) is 0. The molecule has 2 N–H and O–H groups in total. The van der Waals surface area contributed by atoms with Gasteiger partial charge in [0.25, 0.3) is 5.56 Å². The van der Waals surface area contributed by atoms with Gasteiger partial charge in [-0.2, -0.15) is 0 Å². The number of rotatable bonds is 2. The van der Waals surface area contributed by atoms with E-state index in [1.807, 2.05) is 36.4 Å². The van der Waals surface area contributed by atoms with Crippen LogP contribution in [0.25, 0.3) is 0 Å². The van der Waals surface area contributed by atoms with Crippen molar-refractivity contribution in [2.24, 2.45) is 0 Å². The van der Waals surface area contributed by atoms with Gasteiger partial charge in [-0.1, -0.05) is 17.7 Å². The summed E-state index contributed by atoms with van der Waals surface area (Å²) < 4.78 is 0.564. The SMILES string of the molecule is Cc1cc(C)c(Nc2nc[nH]c(=O)c2I)c(C)c1. The maximum atomic E-state index is 11.5. The number of hydrogen-bond acceptors (Lipinski definition) is 3. The van der Waals surface area contributed by atoms with Gasteiger partial charge in [-0.15, -0.1) is 0 Å². The van der Waals surface area contributed by atoms with Crippen molar-refractivity contribution in [2.45, 2.75) is 20.8 Å². The maximum Gasteiger partial charge on any atom is 0.266 e. The minimum Gasteiger partial charge on any atom is -0.339 e. The van der Waals surface area contributed by atoms with Crippen LogP contribution in [0.3, 0.4) is 0 Å². The smallest absolute Gasteiger partial charge is 0.266 e. The lowest BCUT2D eigenvalue weighted by Crippen LogP contribution is -2.13. The first-order valence-corrected chi connectivity index (χ1v) is 6.65. The summed E-state index contributed by atoms with van der Waals surface area (Å²) in [6.45, 7) is 6.16. The summed E-state index contributed by atoms with van der Waals surface area (Å²) in [6.07, 6.45) is 1.41. The molecule has 0 aliphatic heterocycles. The number of anilines is 2. The third kappa shape index (κ3) is 2.55. The van der Waals surface area contributed by atoms with E-state index in [1.165, 1.54) is 11.9 Å². The molecule has 0 atom stereocenters. The molecule has 1 aromatic carbocycles.